The lowest BCUT2D eigenvalue weighted by molar-refractivity contribution is -0.122. The van der Waals surface area contributed by atoms with Crippen molar-refractivity contribution in [2.75, 3.05) is 7.11 Å². The highest BCUT2D eigenvalue weighted by molar-refractivity contribution is 6.31. The number of hydrogen-bond acceptors (Lipinski definition) is 2. The van der Waals surface area contributed by atoms with E-state index in [0.717, 1.165) is 0 Å². The molecule has 24 heavy (non-hydrogen) atoms. The van der Waals surface area contributed by atoms with Gasteiger partial charge in [0.15, 0.2) is 11.6 Å². The highest BCUT2D eigenvalue weighted by atomic mass is 35.5. The molecular formula is C18H18ClF2NO2. The number of nitrogens with one attached hydrogen (secondary N) is 1. The minimum Gasteiger partial charge on any atom is -0.494 e. The fourth-order valence-electron chi connectivity index (χ4n) is 2.46. The number of amides is 1. The SMILES string of the molecule is COc1ccc(CC(=O)NC(C)(C)c2ccc(F)cc2Cl)cc1F. The molecule has 2 aromatic rings. The van der Waals surface area contributed by atoms with Crippen LogP contribution in [0.1, 0.15) is 25.0 Å². The van der Waals surface area contributed by atoms with Gasteiger partial charge in [-0.05, 0) is 49.2 Å². The second kappa shape index (κ2) is 7.18. The van der Waals surface area contributed by atoms with Crippen LogP contribution >= 0.6 is 11.6 Å². The van der Waals surface area contributed by atoms with Gasteiger partial charge in [-0.1, -0.05) is 23.7 Å². The summed E-state index contributed by atoms with van der Waals surface area (Å²) < 4.78 is 31.7. The highest BCUT2D eigenvalue weighted by Gasteiger charge is 2.25. The van der Waals surface area contributed by atoms with Gasteiger partial charge < -0.3 is 10.1 Å². The molecule has 0 aliphatic heterocycles. The molecule has 0 spiro atoms. The van der Waals surface area contributed by atoms with Crippen molar-refractivity contribution in [2.45, 2.75) is 25.8 Å². The molecule has 0 bridgehead atoms. The molecule has 128 valence electrons. The molecule has 0 unspecified atom stereocenters. The van der Waals surface area contributed by atoms with Crippen molar-refractivity contribution in [3.63, 3.8) is 0 Å². The van der Waals surface area contributed by atoms with Gasteiger partial charge in [-0.3, -0.25) is 4.79 Å². The molecule has 0 aromatic heterocycles. The quantitative estimate of drug-likeness (QED) is 0.874. The molecule has 0 fully saturated rings. The molecule has 2 rings (SSSR count). The van der Waals surface area contributed by atoms with E-state index in [2.05, 4.69) is 5.32 Å². The van der Waals surface area contributed by atoms with Crippen LogP contribution in [-0.2, 0) is 16.8 Å². The molecule has 0 aliphatic rings. The predicted molar refractivity (Wildman–Crippen MR) is 89.2 cm³/mol. The van der Waals surface area contributed by atoms with E-state index in [-0.39, 0.29) is 23.1 Å². The second-order valence-electron chi connectivity index (χ2n) is 5.94. The topological polar surface area (TPSA) is 38.3 Å². The molecule has 6 heteroatoms. The average molecular weight is 354 g/mol. The van der Waals surface area contributed by atoms with Crippen LogP contribution in [0.3, 0.4) is 0 Å². The molecule has 0 saturated carbocycles. The van der Waals surface area contributed by atoms with Crippen molar-refractivity contribution >= 4 is 17.5 Å². The van der Waals surface area contributed by atoms with Gasteiger partial charge in [0.05, 0.1) is 19.1 Å². The first-order valence-corrected chi connectivity index (χ1v) is 7.69. The van der Waals surface area contributed by atoms with Crippen LogP contribution in [0.2, 0.25) is 5.02 Å². The molecule has 0 radical (unpaired) electrons. The van der Waals surface area contributed by atoms with Gasteiger partial charge in [0, 0.05) is 5.02 Å². The fraction of sp³-hybridized carbons (Fsp3) is 0.278. The summed E-state index contributed by atoms with van der Waals surface area (Å²) >= 11 is 6.06. The number of methoxy groups -OCH3 is 1. The normalized spacial score (nSPS) is 11.2. The van der Waals surface area contributed by atoms with Crippen molar-refractivity contribution in [1.29, 1.82) is 0 Å². The lowest BCUT2D eigenvalue weighted by Crippen LogP contribution is -2.42. The van der Waals surface area contributed by atoms with E-state index >= 15 is 0 Å². The second-order valence-corrected chi connectivity index (χ2v) is 6.35. The number of carbonyl (C=O) groups excluding carboxylic acids is 1. The van der Waals surface area contributed by atoms with Crippen LogP contribution in [0.4, 0.5) is 8.78 Å². The Bertz CT molecular complexity index is 763. The van der Waals surface area contributed by atoms with Crippen molar-refractivity contribution in [3.05, 3.63) is 64.2 Å². The minimum absolute atomic E-state index is 0.00313. The molecule has 3 nitrogen and oxygen atoms in total. The first-order chi connectivity index (χ1) is 11.2. The van der Waals surface area contributed by atoms with Gasteiger partial charge in [-0.25, -0.2) is 8.78 Å². The smallest absolute Gasteiger partial charge is 0.225 e. The lowest BCUT2D eigenvalue weighted by Gasteiger charge is -2.28. The Morgan fingerprint density at radius 1 is 1.21 bits per heavy atom. The van der Waals surface area contributed by atoms with E-state index in [0.29, 0.717) is 11.1 Å². The Labute approximate surface area is 144 Å². The maximum absolute atomic E-state index is 13.7. The van der Waals surface area contributed by atoms with Crippen molar-refractivity contribution < 1.29 is 18.3 Å². The number of hydrogen-bond donors (Lipinski definition) is 1. The Morgan fingerprint density at radius 3 is 2.50 bits per heavy atom. The Hall–Kier alpha value is -2.14. The summed E-state index contributed by atoms with van der Waals surface area (Å²) in [6.45, 7) is 3.53. The van der Waals surface area contributed by atoms with Gasteiger partial charge in [0.25, 0.3) is 0 Å². The zero-order valence-electron chi connectivity index (χ0n) is 13.6. The molecule has 2 aromatic carbocycles. The molecule has 0 atom stereocenters. The molecule has 0 heterocycles. The third-order valence-corrected chi connectivity index (χ3v) is 3.95. The number of benzene rings is 2. The van der Waals surface area contributed by atoms with E-state index in [1.165, 1.54) is 37.4 Å². The average Bonchev–Trinajstić information content (AvgIpc) is 2.46. The van der Waals surface area contributed by atoms with Gasteiger partial charge in [-0.2, -0.15) is 0 Å². The van der Waals surface area contributed by atoms with Gasteiger partial charge in [-0.15, -0.1) is 0 Å². The van der Waals surface area contributed by atoms with Crippen molar-refractivity contribution in [1.82, 2.24) is 5.32 Å². The van der Waals surface area contributed by atoms with E-state index < -0.39 is 17.2 Å². The zero-order chi connectivity index (χ0) is 17.9. The molecular weight excluding hydrogens is 336 g/mol. The lowest BCUT2D eigenvalue weighted by atomic mass is 9.93. The number of halogens is 3. The number of rotatable bonds is 5. The van der Waals surface area contributed by atoms with Gasteiger partial charge >= 0.3 is 0 Å². The highest BCUT2D eigenvalue weighted by Crippen LogP contribution is 2.28. The standard InChI is InChI=1S/C18H18ClF2NO2/c1-18(2,13-6-5-12(20)10-14(13)19)22-17(23)9-11-4-7-16(24-3)15(21)8-11/h4-8,10H,9H2,1-3H3,(H,22,23). The summed E-state index contributed by atoms with van der Waals surface area (Å²) in [6, 6.07) is 8.37. The van der Waals surface area contributed by atoms with E-state index in [4.69, 9.17) is 16.3 Å². The largest absolute Gasteiger partial charge is 0.494 e. The Balaban J connectivity index is 2.11. The fourth-order valence-corrected chi connectivity index (χ4v) is 2.87. The molecule has 0 saturated heterocycles. The summed E-state index contributed by atoms with van der Waals surface area (Å²) in [7, 11) is 1.37. The first-order valence-electron chi connectivity index (χ1n) is 7.32. The summed E-state index contributed by atoms with van der Waals surface area (Å²) in [5.74, 6) is -1.15. The predicted octanol–water partition coefficient (Wildman–Crippen LogP) is 4.22. The maximum Gasteiger partial charge on any atom is 0.225 e. The monoisotopic (exact) mass is 353 g/mol. The Morgan fingerprint density at radius 2 is 1.92 bits per heavy atom. The zero-order valence-corrected chi connectivity index (χ0v) is 14.4. The van der Waals surface area contributed by atoms with Crippen LogP contribution in [0, 0.1) is 11.6 Å². The van der Waals surface area contributed by atoms with Crippen LogP contribution < -0.4 is 10.1 Å². The van der Waals surface area contributed by atoms with Crippen LogP contribution in [0.25, 0.3) is 0 Å². The summed E-state index contributed by atoms with van der Waals surface area (Å²) in [5.41, 5.74) is 0.319. The van der Waals surface area contributed by atoms with Crippen LogP contribution in [-0.4, -0.2) is 13.0 Å². The molecule has 1 amide bonds. The van der Waals surface area contributed by atoms with E-state index in [9.17, 15) is 13.6 Å². The Kier molecular flexibility index (Phi) is 5.44. The maximum atomic E-state index is 13.7. The molecule has 0 aliphatic carbocycles. The third-order valence-electron chi connectivity index (χ3n) is 3.64. The van der Waals surface area contributed by atoms with Crippen LogP contribution in [0.15, 0.2) is 36.4 Å². The number of carbonyl (C=O) groups is 1. The van der Waals surface area contributed by atoms with Gasteiger partial charge in [0.1, 0.15) is 5.82 Å². The van der Waals surface area contributed by atoms with E-state index in [1.807, 2.05) is 0 Å². The van der Waals surface area contributed by atoms with Crippen molar-refractivity contribution in [2.24, 2.45) is 0 Å². The van der Waals surface area contributed by atoms with Gasteiger partial charge in [0.2, 0.25) is 5.91 Å². The third kappa shape index (κ3) is 4.23. The van der Waals surface area contributed by atoms with Crippen molar-refractivity contribution in [3.8, 4) is 5.75 Å². The van der Waals surface area contributed by atoms with Crippen LogP contribution in [0.5, 0.6) is 5.75 Å². The first kappa shape index (κ1) is 18.2. The summed E-state index contributed by atoms with van der Waals surface area (Å²) in [4.78, 5) is 12.3. The van der Waals surface area contributed by atoms with E-state index in [1.54, 1.807) is 19.9 Å². The summed E-state index contributed by atoms with van der Waals surface area (Å²) in [5, 5.41) is 3.06. The number of ether oxygens (including phenoxy) is 1. The molecule has 1 N–H and O–H groups in total. The summed E-state index contributed by atoms with van der Waals surface area (Å²) in [6.07, 6.45) is 0.00313. The minimum atomic E-state index is -0.799.